The molecule has 1 radical (unpaired) electrons. The highest BCUT2D eigenvalue weighted by molar-refractivity contribution is 5.22. The lowest BCUT2D eigenvalue weighted by atomic mass is 9.82. The van der Waals surface area contributed by atoms with Gasteiger partial charge in [-0.15, -0.1) is 0 Å². The lowest BCUT2D eigenvalue weighted by Crippen LogP contribution is -2.80. The van der Waals surface area contributed by atoms with Crippen LogP contribution in [0.4, 0.5) is 154 Å². The fourth-order valence-corrected chi connectivity index (χ4v) is 3.13. The van der Waals surface area contributed by atoms with E-state index in [1.165, 1.54) is 0 Å². The maximum absolute atomic E-state index is 13.8. The summed E-state index contributed by atoms with van der Waals surface area (Å²) in [6.45, 7) is -0.578. The lowest BCUT2D eigenvalue weighted by Gasteiger charge is -2.47. The van der Waals surface area contributed by atoms with Gasteiger partial charge in [0.05, 0.1) is 0 Å². The molecule has 0 aromatic rings. The number of rotatable bonds is 16. The van der Waals surface area contributed by atoms with E-state index in [0.29, 0.717) is 0 Å². The SMILES string of the molecule is C[CH]C(F)(F)C(F)(F)C(F)(F)C(F)(F)C(F)(F)C(F)(F)C(F)(F)C(F)(F)C(F)(F)C(F)(F)C(F)(F)C(F)(F)C(F)(F)C(F)(F)C(F)(F)C(F)(F)C(F)(F)F. The van der Waals surface area contributed by atoms with E-state index in [4.69, 9.17) is 0 Å². The zero-order valence-corrected chi connectivity index (χ0v) is 23.3. The summed E-state index contributed by atoms with van der Waals surface area (Å²) in [5.74, 6) is -153. The maximum Gasteiger partial charge on any atom is 0.460 e. The first kappa shape index (κ1) is 51.5. The molecule has 0 heterocycles. The van der Waals surface area contributed by atoms with Gasteiger partial charge >= 0.3 is 101 Å². The van der Waals surface area contributed by atoms with Crippen molar-refractivity contribution in [2.45, 2.75) is 108 Å². The van der Waals surface area contributed by atoms with Crippen molar-refractivity contribution in [1.82, 2.24) is 0 Å². The highest BCUT2D eigenvalue weighted by Crippen LogP contribution is 2.70. The van der Waals surface area contributed by atoms with E-state index in [1.807, 2.05) is 0 Å². The predicted molar refractivity (Wildman–Crippen MR) is 95.2 cm³/mol. The van der Waals surface area contributed by atoms with Crippen LogP contribution in [0.3, 0.4) is 0 Å². The molecule has 0 aliphatic rings. The number of halogens is 35. The molecule has 0 atom stereocenters. The van der Waals surface area contributed by atoms with Gasteiger partial charge in [0.2, 0.25) is 0 Å². The highest BCUT2D eigenvalue weighted by Gasteiger charge is 3.02. The Balaban J connectivity index is 7.79. The molecular weight excluding hydrogens is 893 g/mol. The summed E-state index contributed by atoms with van der Waals surface area (Å²) in [5, 5.41) is 0. The summed E-state index contributed by atoms with van der Waals surface area (Å²) < 4.78 is 469. The van der Waals surface area contributed by atoms with Gasteiger partial charge in [0.1, 0.15) is 0 Å². The molecule has 0 nitrogen and oxygen atoms in total. The highest BCUT2D eigenvalue weighted by atomic mass is 19.4. The molecule has 0 spiro atoms. The number of hydrogen-bond donors (Lipinski definition) is 0. The third kappa shape index (κ3) is 5.59. The minimum Gasteiger partial charge on any atom is -0.199 e. The second-order valence-electron chi connectivity index (χ2n) is 10.0. The van der Waals surface area contributed by atoms with Gasteiger partial charge in [0, 0.05) is 6.42 Å². The third-order valence-electron chi connectivity index (χ3n) is 6.66. The topological polar surface area (TPSA) is 0 Å². The molecule has 35 heteroatoms. The standard InChI is InChI=1S/C19H4F35/c1-2-3(20,21)4(22,23)5(24,25)6(26,27)7(28,29)8(30,31)9(32,33)10(34,35)11(36,37)12(38,39)13(40,41)14(42,43)15(44,45)16(46,47)17(48,49)18(50,51)19(52,53)54/h2H,1H3. The van der Waals surface area contributed by atoms with Gasteiger partial charge in [0.25, 0.3) is 0 Å². The van der Waals surface area contributed by atoms with Crippen LogP contribution in [-0.4, -0.2) is 101 Å². The predicted octanol–water partition coefficient (Wildman–Crippen LogP) is 11.9. The molecule has 0 aromatic heterocycles. The second-order valence-corrected chi connectivity index (χ2v) is 10.0. The first-order chi connectivity index (χ1) is 22.6. The van der Waals surface area contributed by atoms with E-state index < -0.39 is 114 Å². The van der Waals surface area contributed by atoms with Crippen LogP contribution in [-0.2, 0) is 0 Å². The lowest BCUT2D eigenvalue weighted by molar-refractivity contribution is -0.492. The van der Waals surface area contributed by atoms with E-state index in [0.717, 1.165) is 0 Å². The van der Waals surface area contributed by atoms with Crippen molar-refractivity contribution >= 4 is 0 Å². The maximum atomic E-state index is 13.8. The Morgan fingerprint density at radius 2 is 0.296 bits per heavy atom. The Labute approximate surface area is 269 Å². The van der Waals surface area contributed by atoms with Crippen LogP contribution in [0, 0.1) is 6.42 Å². The van der Waals surface area contributed by atoms with E-state index in [2.05, 4.69) is 0 Å². The van der Waals surface area contributed by atoms with E-state index in [1.54, 1.807) is 0 Å². The summed E-state index contributed by atoms with van der Waals surface area (Å²) in [6.07, 6.45) is -10.1. The molecule has 0 aliphatic heterocycles. The van der Waals surface area contributed by atoms with E-state index in [-0.39, 0.29) is 0 Å². The molecule has 0 fully saturated rings. The summed E-state index contributed by atoms with van der Waals surface area (Å²) in [7, 11) is 0. The Hall–Kier alpha value is -2.45. The Morgan fingerprint density at radius 3 is 0.407 bits per heavy atom. The average molecular weight is 897 g/mol. The van der Waals surface area contributed by atoms with Crippen molar-refractivity contribution < 1.29 is 154 Å². The molecule has 0 saturated carbocycles. The molecule has 0 bridgehead atoms. The zero-order chi connectivity index (χ0) is 45.2. The fraction of sp³-hybridized carbons (Fsp3) is 0.947. The van der Waals surface area contributed by atoms with Crippen molar-refractivity contribution in [1.29, 1.82) is 0 Å². The monoisotopic (exact) mass is 897 g/mol. The van der Waals surface area contributed by atoms with Crippen LogP contribution in [0.15, 0.2) is 0 Å². The van der Waals surface area contributed by atoms with Gasteiger partial charge in [-0.3, -0.25) is 0 Å². The van der Waals surface area contributed by atoms with Crippen molar-refractivity contribution in [3.05, 3.63) is 6.42 Å². The minimum absolute atomic E-state index is 0.578. The largest absolute Gasteiger partial charge is 0.460 e. The molecule has 0 aliphatic carbocycles. The summed E-state index contributed by atoms with van der Waals surface area (Å²) in [6, 6.07) is 0. The molecule has 54 heavy (non-hydrogen) atoms. The first-order valence-corrected chi connectivity index (χ1v) is 11.5. The quantitative estimate of drug-likeness (QED) is 0.135. The molecule has 325 valence electrons. The molecule has 0 N–H and O–H groups in total. The van der Waals surface area contributed by atoms with Crippen LogP contribution in [0.5, 0.6) is 0 Å². The fourth-order valence-electron chi connectivity index (χ4n) is 3.13. The molecule has 0 rings (SSSR count). The summed E-state index contributed by atoms with van der Waals surface area (Å²) >= 11 is 0. The second kappa shape index (κ2) is 12.3. The zero-order valence-electron chi connectivity index (χ0n) is 23.3. The number of hydrogen-bond acceptors (Lipinski definition) is 0. The van der Waals surface area contributed by atoms with Gasteiger partial charge in [0.15, 0.2) is 0 Å². The van der Waals surface area contributed by atoms with Gasteiger partial charge in [-0.05, 0) is 0 Å². The van der Waals surface area contributed by atoms with Crippen LogP contribution >= 0.6 is 0 Å². The molecule has 0 aromatic carbocycles. The summed E-state index contributed by atoms with van der Waals surface area (Å²) in [4.78, 5) is 0. The van der Waals surface area contributed by atoms with E-state index in [9.17, 15) is 154 Å². The van der Waals surface area contributed by atoms with Gasteiger partial charge in [-0.2, -0.15) is 154 Å². The third-order valence-corrected chi connectivity index (χ3v) is 6.66. The van der Waals surface area contributed by atoms with Crippen molar-refractivity contribution in [3.8, 4) is 0 Å². The van der Waals surface area contributed by atoms with Crippen LogP contribution in [0.25, 0.3) is 0 Å². The number of alkyl halides is 35. The van der Waals surface area contributed by atoms with Gasteiger partial charge in [-0.25, -0.2) is 0 Å². The van der Waals surface area contributed by atoms with Crippen LogP contribution in [0.1, 0.15) is 6.92 Å². The normalized spacial score (nSPS) is 17.3. The Morgan fingerprint density at radius 1 is 0.185 bits per heavy atom. The average Bonchev–Trinajstić information content (AvgIpc) is 2.94. The molecule has 0 amide bonds. The molecule has 0 saturated heterocycles. The smallest absolute Gasteiger partial charge is 0.199 e. The Kier molecular flexibility index (Phi) is 11.7. The minimum atomic E-state index is -10.3. The van der Waals surface area contributed by atoms with Crippen molar-refractivity contribution in [2.75, 3.05) is 0 Å². The molecule has 0 unspecified atom stereocenters. The van der Waals surface area contributed by atoms with E-state index >= 15 is 0 Å². The van der Waals surface area contributed by atoms with Gasteiger partial charge < -0.3 is 0 Å². The summed E-state index contributed by atoms with van der Waals surface area (Å²) in [5.41, 5.74) is 0. The van der Waals surface area contributed by atoms with Crippen LogP contribution < -0.4 is 0 Å². The van der Waals surface area contributed by atoms with Crippen molar-refractivity contribution in [2.24, 2.45) is 0 Å². The van der Waals surface area contributed by atoms with Gasteiger partial charge in [-0.1, -0.05) is 6.92 Å². The first-order valence-electron chi connectivity index (χ1n) is 11.5. The van der Waals surface area contributed by atoms with Crippen LogP contribution in [0.2, 0.25) is 0 Å². The Bertz CT molecular complexity index is 1350. The molecular formula is C19H4F35. The van der Waals surface area contributed by atoms with Crippen molar-refractivity contribution in [3.63, 3.8) is 0 Å².